The lowest BCUT2D eigenvalue weighted by molar-refractivity contribution is -0.134. The molecule has 1 N–H and O–H groups in total. The molecule has 2 heterocycles. The first-order chi connectivity index (χ1) is 8.26. The van der Waals surface area contributed by atoms with Gasteiger partial charge in [0, 0.05) is 33.4 Å². The van der Waals surface area contributed by atoms with Crippen LogP contribution in [0, 0.1) is 5.92 Å². The van der Waals surface area contributed by atoms with E-state index in [1.54, 1.807) is 7.11 Å². The smallest absolute Gasteiger partial charge is 0.227 e. The van der Waals surface area contributed by atoms with Gasteiger partial charge >= 0.3 is 0 Å². The molecule has 0 spiro atoms. The van der Waals surface area contributed by atoms with Gasteiger partial charge in [0.15, 0.2) is 0 Å². The topological polar surface area (TPSA) is 50.8 Å². The van der Waals surface area contributed by atoms with Crippen molar-refractivity contribution in [3.63, 3.8) is 0 Å². The predicted molar refractivity (Wildman–Crippen MR) is 63.8 cm³/mol. The highest BCUT2D eigenvalue weighted by Gasteiger charge is 2.38. The second-order valence-electron chi connectivity index (χ2n) is 4.70. The van der Waals surface area contributed by atoms with Crippen molar-refractivity contribution in [3.8, 4) is 0 Å². The quantitative estimate of drug-likeness (QED) is 0.745. The van der Waals surface area contributed by atoms with Crippen LogP contribution in [0.1, 0.15) is 13.3 Å². The molecule has 0 aliphatic carbocycles. The van der Waals surface area contributed by atoms with Crippen LogP contribution >= 0.6 is 0 Å². The van der Waals surface area contributed by atoms with Gasteiger partial charge in [-0.3, -0.25) is 4.79 Å². The summed E-state index contributed by atoms with van der Waals surface area (Å²) in [5.74, 6) is 0.395. The van der Waals surface area contributed by atoms with Crippen LogP contribution in [0.25, 0.3) is 0 Å². The molecule has 0 saturated carbocycles. The molecule has 0 aromatic carbocycles. The molecule has 5 heteroatoms. The molecule has 2 aliphatic heterocycles. The highest BCUT2D eigenvalue weighted by atomic mass is 16.5. The molecule has 2 rings (SSSR count). The van der Waals surface area contributed by atoms with E-state index < -0.39 is 0 Å². The first kappa shape index (κ1) is 12.8. The molecule has 2 fully saturated rings. The number of nitrogens with one attached hydrogen (secondary N) is 1. The maximum atomic E-state index is 12.2. The van der Waals surface area contributed by atoms with Crippen molar-refractivity contribution in [2.24, 2.45) is 5.92 Å². The van der Waals surface area contributed by atoms with Gasteiger partial charge in [0.25, 0.3) is 0 Å². The summed E-state index contributed by atoms with van der Waals surface area (Å²) in [5.41, 5.74) is 0. The van der Waals surface area contributed by atoms with E-state index in [0.717, 1.165) is 19.5 Å². The summed E-state index contributed by atoms with van der Waals surface area (Å²) >= 11 is 0. The minimum atomic E-state index is 0.0215. The summed E-state index contributed by atoms with van der Waals surface area (Å²) in [6.45, 7) is 5.73. The minimum Gasteiger partial charge on any atom is -0.377 e. The Hall–Kier alpha value is -0.650. The Bertz CT molecular complexity index is 266. The summed E-state index contributed by atoms with van der Waals surface area (Å²) in [7, 11) is 1.68. The molecular weight excluding hydrogens is 220 g/mol. The van der Waals surface area contributed by atoms with Crippen molar-refractivity contribution in [3.05, 3.63) is 0 Å². The number of nitrogens with zero attached hydrogens (tertiary/aromatic N) is 1. The number of carbonyl (C=O) groups excluding carboxylic acids is 1. The maximum Gasteiger partial charge on any atom is 0.227 e. The lowest BCUT2D eigenvalue weighted by Gasteiger charge is -2.19. The molecule has 3 atom stereocenters. The maximum absolute atomic E-state index is 12.2. The Morgan fingerprint density at radius 3 is 2.76 bits per heavy atom. The van der Waals surface area contributed by atoms with Gasteiger partial charge in [0.05, 0.1) is 5.92 Å². The summed E-state index contributed by atoms with van der Waals surface area (Å²) in [6, 6.07) is 0. The van der Waals surface area contributed by atoms with E-state index in [-0.39, 0.29) is 24.0 Å². The molecule has 1 amide bonds. The molecule has 5 nitrogen and oxygen atoms in total. The van der Waals surface area contributed by atoms with Gasteiger partial charge in [-0.1, -0.05) is 0 Å². The molecule has 0 aromatic rings. The number of rotatable bonds is 4. The third kappa shape index (κ3) is 2.78. The van der Waals surface area contributed by atoms with Gasteiger partial charge in [-0.2, -0.15) is 0 Å². The van der Waals surface area contributed by atoms with Gasteiger partial charge in [0.1, 0.15) is 12.2 Å². The van der Waals surface area contributed by atoms with Crippen LogP contribution in [0.3, 0.4) is 0 Å². The average molecular weight is 242 g/mol. The van der Waals surface area contributed by atoms with E-state index in [9.17, 15) is 4.79 Å². The SMILES string of the molecule is CCO[C@@H]1CN(C(=O)[C@@H]2CCNC2)C[C@H]1OC. The van der Waals surface area contributed by atoms with E-state index in [0.29, 0.717) is 19.7 Å². The summed E-state index contributed by atoms with van der Waals surface area (Å²) < 4.78 is 11.0. The molecule has 2 saturated heterocycles. The van der Waals surface area contributed by atoms with E-state index >= 15 is 0 Å². The molecule has 2 aliphatic rings. The largest absolute Gasteiger partial charge is 0.377 e. The van der Waals surface area contributed by atoms with Gasteiger partial charge in [-0.15, -0.1) is 0 Å². The zero-order chi connectivity index (χ0) is 12.3. The molecule has 0 radical (unpaired) electrons. The van der Waals surface area contributed by atoms with Crippen LogP contribution in [0.2, 0.25) is 0 Å². The molecule has 17 heavy (non-hydrogen) atoms. The Kier molecular flexibility index (Phi) is 4.36. The van der Waals surface area contributed by atoms with E-state index in [2.05, 4.69) is 5.32 Å². The van der Waals surface area contributed by atoms with Gasteiger partial charge in [-0.25, -0.2) is 0 Å². The summed E-state index contributed by atoms with van der Waals surface area (Å²) in [6.07, 6.45) is 1.00. The van der Waals surface area contributed by atoms with Crippen LogP contribution in [-0.4, -0.2) is 62.9 Å². The molecule has 98 valence electrons. The number of hydrogen-bond acceptors (Lipinski definition) is 4. The zero-order valence-electron chi connectivity index (χ0n) is 10.6. The van der Waals surface area contributed by atoms with Gasteiger partial charge in [-0.05, 0) is 19.9 Å². The Labute approximate surface area is 102 Å². The lowest BCUT2D eigenvalue weighted by atomic mass is 10.1. The normalized spacial score (nSPS) is 33.3. The van der Waals surface area contributed by atoms with Crippen molar-refractivity contribution in [2.75, 3.05) is 39.9 Å². The predicted octanol–water partition coefficient (Wildman–Crippen LogP) is -0.142. The first-order valence-corrected chi connectivity index (χ1v) is 6.40. The van der Waals surface area contributed by atoms with E-state index in [4.69, 9.17) is 9.47 Å². The van der Waals surface area contributed by atoms with E-state index in [1.807, 2.05) is 11.8 Å². The van der Waals surface area contributed by atoms with Gasteiger partial charge in [0.2, 0.25) is 5.91 Å². The van der Waals surface area contributed by atoms with Crippen molar-refractivity contribution in [2.45, 2.75) is 25.6 Å². The highest BCUT2D eigenvalue weighted by Crippen LogP contribution is 2.20. The van der Waals surface area contributed by atoms with Crippen molar-refractivity contribution in [1.82, 2.24) is 10.2 Å². The third-order valence-electron chi connectivity index (χ3n) is 3.62. The standard InChI is InChI=1S/C12H22N2O3/c1-3-17-11-8-14(7-10(11)16-2)12(15)9-4-5-13-6-9/h9-11,13H,3-8H2,1-2H3/t9-,10-,11-/m1/s1. The Morgan fingerprint density at radius 2 is 2.18 bits per heavy atom. The minimum absolute atomic E-state index is 0.0215. The number of likely N-dealkylation sites (tertiary alicyclic amines) is 1. The number of carbonyl (C=O) groups is 1. The number of amides is 1. The van der Waals surface area contributed by atoms with Gasteiger partial charge < -0.3 is 19.7 Å². The molecule has 0 unspecified atom stereocenters. The Balaban J connectivity index is 1.91. The second kappa shape index (κ2) is 5.80. The lowest BCUT2D eigenvalue weighted by Crippen LogP contribution is -2.36. The molecular formula is C12H22N2O3. The fourth-order valence-electron chi connectivity index (χ4n) is 2.65. The average Bonchev–Trinajstić information content (AvgIpc) is 2.97. The monoisotopic (exact) mass is 242 g/mol. The molecule has 0 aromatic heterocycles. The van der Waals surface area contributed by atoms with Crippen LogP contribution in [0.4, 0.5) is 0 Å². The number of ether oxygens (including phenoxy) is 2. The van der Waals surface area contributed by atoms with Crippen molar-refractivity contribution in [1.29, 1.82) is 0 Å². The number of methoxy groups -OCH3 is 1. The zero-order valence-corrected chi connectivity index (χ0v) is 10.6. The van der Waals surface area contributed by atoms with Crippen molar-refractivity contribution >= 4 is 5.91 Å². The van der Waals surface area contributed by atoms with E-state index in [1.165, 1.54) is 0 Å². The van der Waals surface area contributed by atoms with Crippen LogP contribution < -0.4 is 5.32 Å². The van der Waals surface area contributed by atoms with Crippen molar-refractivity contribution < 1.29 is 14.3 Å². The fraction of sp³-hybridized carbons (Fsp3) is 0.917. The first-order valence-electron chi connectivity index (χ1n) is 6.40. The molecule has 0 bridgehead atoms. The Morgan fingerprint density at radius 1 is 1.41 bits per heavy atom. The summed E-state index contributed by atoms with van der Waals surface area (Å²) in [5, 5.41) is 3.23. The third-order valence-corrected chi connectivity index (χ3v) is 3.62. The fourth-order valence-corrected chi connectivity index (χ4v) is 2.65. The van der Waals surface area contributed by atoms with Crippen LogP contribution in [-0.2, 0) is 14.3 Å². The summed E-state index contributed by atoms with van der Waals surface area (Å²) in [4.78, 5) is 14.1. The van der Waals surface area contributed by atoms with Crippen LogP contribution in [0.15, 0.2) is 0 Å². The highest BCUT2D eigenvalue weighted by molar-refractivity contribution is 5.79. The van der Waals surface area contributed by atoms with Crippen LogP contribution in [0.5, 0.6) is 0 Å². The number of hydrogen-bond donors (Lipinski definition) is 1. The second-order valence-corrected chi connectivity index (χ2v) is 4.70.